The summed E-state index contributed by atoms with van der Waals surface area (Å²) >= 11 is 0. The molecule has 0 aliphatic heterocycles. The van der Waals surface area contributed by atoms with Gasteiger partial charge in [-0.1, -0.05) is 30.3 Å². The van der Waals surface area contributed by atoms with Crippen molar-refractivity contribution in [2.45, 2.75) is 13.0 Å². The van der Waals surface area contributed by atoms with Gasteiger partial charge in [0.15, 0.2) is 0 Å². The Bertz CT molecular complexity index is 473. The standard InChI is InChI=1S/C13H18N4/c1-17(2)9-12-11(13(14)16-15-12)8-10-6-4-3-5-7-10/h3-7H,8-9H2,1-2H3,(H3,14,15,16). The largest absolute Gasteiger partial charge is 0.382 e. The van der Waals surface area contributed by atoms with Crippen LogP contribution in [0.15, 0.2) is 30.3 Å². The highest BCUT2D eigenvalue weighted by Gasteiger charge is 2.11. The molecule has 0 radical (unpaired) electrons. The van der Waals surface area contributed by atoms with Gasteiger partial charge in [0.25, 0.3) is 0 Å². The maximum Gasteiger partial charge on any atom is 0.149 e. The first-order valence-electron chi connectivity index (χ1n) is 5.67. The van der Waals surface area contributed by atoms with E-state index in [1.54, 1.807) is 0 Å². The zero-order chi connectivity index (χ0) is 12.3. The van der Waals surface area contributed by atoms with Crippen LogP contribution < -0.4 is 5.73 Å². The topological polar surface area (TPSA) is 57.9 Å². The first kappa shape index (κ1) is 11.7. The molecule has 0 saturated carbocycles. The molecule has 1 heterocycles. The van der Waals surface area contributed by atoms with Crippen LogP contribution in [0.3, 0.4) is 0 Å². The lowest BCUT2D eigenvalue weighted by Gasteiger charge is -2.10. The monoisotopic (exact) mass is 230 g/mol. The summed E-state index contributed by atoms with van der Waals surface area (Å²) in [6, 6.07) is 10.3. The molecule has 2 rings (SSSR count). The second kappa shape index (κ2) is 5.01. The lowest BCUT2D eigenvalue weighted by atomic mass is 10.0. The zero-order valence-electron chi connectivity index (χ0n) is 10.3. The number of nitrogens with one attached hydrogen (secondary N) is 1. The molecule has 3 N–H and O–H groups in total. The molecule has 2 aromatic rings. The first-order chi connectivity index (χ1) is 8.16. The summed E-state index contributed by atoms with van der Waals surface area (Å²) in [6.45, 7) is 0.826. The molecule has 1 aromatic heterocycles. The van der Waals surface area contributed by atoms with Gasteiger partial charge in [0, 0.05) is 18.5 Å². The van der Waals surface area contributed by atoms with E-state index < -0.39 is 0 Å². The summed E-state index contributed by atoms with van der Waals surface area (Å²) in [5, 5.41) is 7.10. The van der Waals surface area contributed by atoms with Crippen molar-refractivity contribution < 1.29 is 0 Å². The van der Waals surface area contributed by atoms with Crippen LogP contribution in [0.1, 0.15) is 16.8 Å². The van der Waals surface area contributed by atoms with Gasteiger partial charge in [-0.25, -0.2) is 0 Å². The molecular weight excluding hydrogens is 212 g/mol. The van der Waals surface area contributed by atoms with Crippen molar-refractivity contribution >= 4 is 5.82 Å². The van der Waals surface area contributed by atoms with E-state index >= 15 is 0 Å². The number of H-pyrrole nitrogens is 1. The Morgan fingerprint density at radius 1 is 1.24 bits per heavy atom. The molecule has 0 unspecified atom stereocenters. The van der Waals surface area contributed by atoms with Gasteiger partial charge in [-0.15, -0.1) is 0 Å². The summed E-state index contributed by atoms with van der Waals surface area (Å²) < 4.78 is 0. The van der Waals surface area contributed by atoms with Crippen LogP contribution in [0.5, 0.6) is 0 Å². The molecule has 0 aliphatic carbocycles. The summed E-state index contributed by atoms with van der Waals surface area (Å²) in [5.41, 5.74) is 9.35. The second-order valence-electron chi connectivity index (χ2n) is 4.47. The molecule has 4 nitrogen and oxygen atoms in total. The molecule has 0 fully saturated rings. The molecule has 0 spiro atoms. The van der Waals surface area contributed by atoms with Crippen LogP contribution in [0.2, 0.25) is 0 Å². The van der Waals surface area contributed by atoms with E-state index in [0.29, 0.717) is 5.82 Å². The van der Waals surface area contributed by atoms with Gasteiger partial charge in [0.2, 0.25) is 0 Å². The highest BCUT2D eigenvalue weighted by atomic mass is 15.2. The van der Waals surface area contributed by atoms with Crippen molar-refractivity contribution in [3.8, 4) is 0 Å². The quantitative estimate of drug-likeness (QED) is 0.839. The van der Waals surface area contributed by atoms with Gasteiger partial charge in [-0.05, 0) is 19.7 Å². The number of hydrogen-bond donors (Lipinski definition) is 2. The number of aromatic nitrogens is 2. The third-order valence-corrected chi connectivity index (χ3v) is 2.68. The molecule has 90 valence electrons. The average molecular weight is 230 g/mol. The number of rotatable bonds is 4. The minimum absolute atomic E-state index is 0.603. The van der Waals surface area contributed by atoms with E-state index in [-0.39, 0.29) is 0 Å². The minimum Gasteiger partial charge on any atom is -0.382 e. The van der Waals surface area contributed by atoms with Crippen LogP contribution >= 0.6 is 0 Å². The smallest absolute Gasteiger partial charge is 0.149 e. The summed E-state index contributed by atoms with van der Waals surface area (Å²) in [5.74, 6) is 0.603. The van der Waals surface area contributed by atoms with Crippen LogP contribution in [-0.2, 0) is 13.0 Å². The third kappa shape index (κ3) is 2.85. The number of nitrogens with zero attached hydrogens (tertiary/aromatic N) is 2. The van der Waals surface area contributed by atoms with E-state index in [9.17, 15) is 0 Å². The van der Waals surface area contributed by atoms with Gasteiger partial charge in [-0.2, -0.15) is 5.10 Å². The summed E-state index contributed by atoms with van der Waals surface area (Å²) in [4.78, 5) is 2.10. The van der Waals surface area contributed by atoms with Gasteiger partial charge < -0.3 is 10.6 Å². The molecule has 0 atom stereocenters. The minimum atomic E-state index is 0.603. The zero-order valence-corrected chi connectivity index (χ0v) is 10.3. The summed E-state index contributed by atoms with van der Waals surface area (Å²) in [7, 11) is 4.06. The highest BCUT2D eigenvalue weighted by Crippen LogP contribution is 2.19. The lowest BCUT2D eigenvalue weighted by molar-refractivity contribution is 0.395. The number of anilines is 1. The maximum atomic E-state index is 5.90. The molecule has 0 amide bonds. The fourth-order valence-corrected chi connectivity index (χ4v) is 1.86. The van der Waals surface area contributed by atoms with Crippen molar-refractivity contribution in [3.05, 3.63) is 47.2 Å². The Kier molecular flexibility index (Phi) is 3.44. The van der Waals surface area contributed by atoms with E-state index in [0.717, 1.165) is 24.2 Å². The van der Waals surface area contributed by atoms with Crippen molar-refractivity contribution in [3.63, 3.8) is 0 Å². The van der Waals surface area contributed by atoms with E-state index in [1.165, 1.54) is 5.56 Å². The predicted octanol–water partition coefficient (Wildman–Crippen LogP) is 1.64. The fraction of sp³-hybridized carbons (Fsp3) is 0.308. The SMILES string of the molecule is CN(C)Cc1[nH]nc(N)c1Cc1ccccc1. The van der Waals surface area contributed by atoms with Crippen molar-refractivity contribution in [1.29, 1.82) is 0 Å². The Hall–Kier alpha value is -1.81. The molecular formula is C13H18N4. The first-order valence-corrected chi connectivity index (χ1v) is 5.67. The number of nitrogens with two attached hydrogens (primary N) is 1. The van der Waals surface area contributed by atoms with Crippen LogP contribution in [-0.4, -0.2) is 29.2 Å². The average Bonchev–Trinajstić information content (AvgIpc) is 2.62. The second-order valence-corrected chi connectivity index (χ2v) is 4.47. The van der Waals surface area contributed by atoms with Gasteiger partial charge >= 0.3 is 0 Å². The predicted molar refractivity (Wildman–Crippen MR) is 69.6 cm³/mol. The van der Waals surface area contributed by atoms with Crippen LogP contribution in [0, 0.1) is 0 Å². The highest BCUT2D eigenvalue weighted by molar-refractivity contribution is 5.45. The summed E-state index contributed by atoms with van der Waals surface area (Å²) in [6.07, 6.45) is 0.826. The van der Waals surface area contributed by atoms with Gasteiger partial charge in [0.1, 0.15) is 5.82 Å². The number of nitrogen functional groups attached to an aromatic ring is 1. The van der Waals surface area contributed by atoms with Crippen molar-refractivity contribution in [2.24, 2.45) is 0 Å². The number of benzene rings is 1. The molecule has 0 bridgehead atoms. The number of aromatic amines is 1. The molecule has 0 saturated heterocycles. The Labute approximate surface area is 101 Å². The Morgan fingerprint density at radius 3 is 2.59 bits per heavy atom. The molecule has 4 heteroatoms. The Morgan fingerprint density at radius 2 is 1.94 bits per heavy atom. The third-order valence-electron chi connectivity index (χ3n) is 2.68. The molecule has 17 heavy (non-hydrogen) atoms. The maximum absolute atomic E-state index is 5.90. The van der Waals surface area contributed by atoms with Crippen LogP contribution in [0.25, 0.3) is 0 Å². The number of hydrogen-bond acceptors (Lipinski definition) is 3. The van der Waals surface area contributed by atoms with Gasteiger partial charge in [-0.3, -0.25) is 5.10 Å². The van der Waals surface area contributed by atoms with Gasteiger partial charge in [0.05, 0.1) is 5.69 Å². The van der Waals surface area contributed by atoms with E-state index in [1.807, 2.05) is 32.3 Å². The van der Waals surface area contributed by atoms with Crippen molar-refractivity contribution in [1.82, 2.24) is 15.1 Å². The van der Waals surface area contributed by atoms with E-state index in [4.69, 9.17) is 5.73 Å². The Balaban J connectivity index is 2.23. The normalized spacial score (nSPS) is 11.0. The fourth-order valence-electron chi connectivity index (χ4n) is 1.86. The molecule has 0 aliphatic rings. The van der Waals surface area contributed by atoms with Crippen molar-refractivity contribution in [2.75, 3.05) is 19.8 Å². The lowest BCUT2D eigenvalue weighted by Crippen LogP contribution is -2.12. The molecule has 1 aromatic carbocycles. The van der Waals surface area contributed by atoms with Crippen LogP contribution in [0.4, 0.5) is 5.82 Å². The van der Waals surface area contributed by atoms with E-state index in [2.05, 4.69) is 27.2 Å².